The first-order valence-electron chi connectivity index (χ1n) is 8.16. The van der Waals surface area contributed by atoms with Gasteiger partial charge < -0.3 is 15.4 Å². The second kappa shape index (κ2) is 6.68. The number of nitrogens with one attached hydrogen (secondary N) is 2. The van der Waals surface area contributed by atoms with E-state index in [4.69, 9.17) is 4.74 Å². The number of anilines is 2. The lowest BCUT2D eigenvalue weighted by atomic mass is 10.1. The fraction of sp³-hybridized carbons (Fsp3) is 0.278. The predicted octanol–water partition coefficient (Wildman–Crippen LogP) is 3.44. The summed E-state index contributed by atoms with van der Waals surface area (Å²) in [6.07, 6.45) is 6.82. The first-order valence-corrected chi connectivity index (χ1v) is 9.04. The molecule has 128 valence electrons. The number of hydrogen-bond donors (Lipinski definition) is 2. The van der Waals surface area contributed by atoms with Crippen LogP contribution >= 0.6 is 11.3 Å². The molecule has 0 bridgehead atoms. The van der Waals surface area contributed by atoms with Gasteiger partial charge in [-0.05, 0) is 37.0 Å². The SMILES string of the molecule is O=C(CC1C=CCC1)Nc1nc(-c2ccc3c(c2)NC(=O)CO3)cs1. The van der Waals surface area contributed by atoms with Crippen LogP contribution in [0.1, 0.15) is 19.3 Å². The number of hydrogen-bond acceptors (Lipinski definition) is 5. The lowest BCUT2D eigenvalue weighted by molar-refractivity contribution is -0.118. The molecule has 2 aliphatic rings. The Morgan fingerprint density at radius 3 is 3.20 bits per heavy atom. The monoisotopic (exact) mass is 355 g/mol. The van der Waals surface area contributed by atoms with Gasteiger partial charge in [-0.15, -0.1) is 11.3 Å². The highest BCUT2D eigenvalue weighted by atomic mass is 32.1. The maximum absolute atomic E-state index is 12.1. The maximum atomic E-state index is 12.1. The molecule has 4 rings (SSSR count). The average Bonchev–Trinajstić information content (AvgIpc) is 3.26. The molecule has 0 spiro atoms. The smallest absolute Gasteiger partial charge is 0.262 e. The summed E-state index contributed by atoms with van der Waals surface area (Å²) in [7, 11) is 0. The van der Waals surface area contributed by atoms with E-state index in [1.54, 1.807) is 0 Å². The molecule has 1 aromatic heterocycles. The summed E-state index contributed by atoms with van der Waals surface area (Å²) >= 11 is 1.39. The van der Waals surface area contributed by atoms with Crippen LogP contribution in [-0.4, -0.2) is 23.4 Å². The topological polar surface area (TPSA) is 80.3 Å². The van der Waals surface area contributed by atoms with Gasteiger partial charge >= 0.3 is 0 Å². The van der Waals surface area contributed by atoms with E-state index in [0.717, 1.165) is 24.1 Å². The third-order valence-electron chi connectivity index (χ3n) is 4.22. The van der Waals surface area contributed by atoms with Crippen LogP contribution in [0.2, 0.25) is 0 Å². The van der Waals surface area contributed by atoms with Gasteiger partial charge in [0.05, 0.1) is 11.4 Å². The molecule has 2 heterocycles. The molecular weight excluding hydrogens is 338 g/mol. The molecule has 0 fully saturated rings. The Morgan fingerprint density at radius 1 is 1.44 bits per heavy atom. The van der Waals surface area contributed by atoms with E-state index in [9.17, 15) is 9.59 Å². The van der Waals surface area contributed by atoms with Crippen molar-refractivity contribution in [1.82, 2.24) is 4.98 Å². The van der Waals surface area contributed by atoms with Crippen LogP contribution in [0.4, 0.5) is 10.8 Å². The molecule has 0 saturated carbocycles. The highest BCUT2D eigenvalue weighted by Gasteiger charge is 2.18. The Labute approximate surface area is 148 Å². The van der Waals surface area contributed by atoms with Gasteiger partial charge in [0, 0.05) is 17.4 Å². The van der Waals surface area contributed by atoms with Gasteiger partial charge in [-0.2, -0.15) is 0 Å². The third-order valence-corrected chi connectivity index (χ3v) is 4.98. The largest absolute Gasteiger partial charge is 0.482 e. The predicted molar refractivity (Wildman–Crippen MR) is 96.8 cm³/mol. The minimum Gasteiger partial charge on any atom is -0.482 e. The third kappa shape index (κ3) is 3.56. The summed E-state index contributed by atoms with van der Waals surface area (Å²) in [5, 5.41) is 8.12. The minimum atomic E-state index is -0.170. The van der Waals surface area contributed by atoms with Gasteiger partial charge in [-0.1, -0.05) is 12.2 Å². The molecule has 1 aliphatic carbocycles. The summed E-state index contributed by atoms with van der Waals surface area (Å²) in [6, 6.07) is 5.53. The number of carbonyl (C=O) groups is 2. The zero-order valence-corrected chi connectivity index (χ0v) is 14.3. The number of benzene rings is 1. The van der Waals surface area contributed by atoms with E-state index in [0.29, 0.717) is 28.9 Å². The molecular formula is C18H17N3O3S. The number of amides is 2. The summed E-state index contributed by atoms with van der Waals surface area (Å²) in [5.74, 6) is 0.806. The summed E-state index contributed by atoms with van der Waals surface area (Å²) in [5.41, 5.74) is 2.25. The molecule has 2 aromatic rings. The fourth-order valence-corrected chi connectivity index (χ4v) is 3.72. The van der Waals surface area contributed by atoms with E-state index < -0.39 is 0 Å². The van der Waals surface area contributed by atoms with Crippen LogP contribution in [0, 0.1) is 5.92 Å². The van der Waals surface area contributed by atoms with E-state index in [-0.39, 0.29) is 18.4 Å². The van der Waals surface area contributed by atoms with Crippen molar-refractivity contribution in [2.24, 2.45) is 5.92 Å². The molecule has 0 saturated heterocycles. The van der Waals surface area contributed by atoms with Crippen molar-refractivity contribution < 1.29 is 14.3 Å². The van der Waals surface area contributed by atoms with E-state index in [1.807, 2.05) is 23.6 Å². The Hall–Kier alpha value is -2.67. The molecule has 25 heavy (non-hydrogen) atoms. The number of carbonyl (C=O) groups excluding carboxylic acids is 2. The Morgan fingerprint density at radius 2 is 2.36 bits per heavy atom. The van der Waals surface area contributed by atoms with Crippen LogP contribution in [0.15, 0.2) is 35.7 Å². The minimum absolute atomic E-state index is 0.0106. The number of thiazole rings is 1. The van der Waals surface area contributed by atoms with Crippen molar-refractivity contribution in [1.29, 1.82) is 0 Å². The average molecular weight is 355 g/mol. The van der Waals surface area contributed by atoms with E-state index in [2.05, 4.69) is 27.8 Å². The van der Waals surface area contributed by atoms with Gasteiger partial charge in [0.25, 0.3) is 5.91 Å². The van der Waals surface area contributed by atoms with Crippen molar-refractivity contribution in [3.05, 3.63) is 35.7 Å². The molecule has 7 heteroatoms. The first kappa shape index (κ1) is 15.8. The number of nitrogens with zero attached hydrogens (tertiary/aromatic N) is 1. The van der Waals surface area contributed by atoms with Crippen molar-refractivity contribution in [3.63, 3.8) is 0 Å². The van der Waals surface area contributed by atoms with Crippen molar-refractivity contribution in [2.75, 3.05) is 17.2 Å². The van der Waals surface area contributed by atoms with E-state index in [1.165, 1.54) is 11.3 Å². The molecule has 1 atom stereocenters. The number of rotatable bonds is 4. The lowest BCUT2D eigenvalue weighted by Crippen LogP contribution is -2.25. The molecule has 1 aliphatic heterocycles. The Bertz CT molecular complexity index is 859. The second-order valence-corrected chi connectivity index (χ2v) is 6.96. The van der Waals surface area contributed by atoms with Crippen LogP contribution in [0.3, 0.4) is 0 Å². The van der Waals surface area contributed by atoms with Crippen LogP contribution < -0.4 is 15.4 Å². The zero-order chi connectivity index (χ0) is 17.2. The molecule has 6 nitrogen and oxygen atoms in total. The van der Waals surface area contributed by atoms with Gasteiger partial charge in [-0.3, -0.25) is 9.59 Å². The van der Waals surface area contributed by atoms with E-state index >= 15 is 0 Å². The van der Waals surface area contributed by atoms with Crippen LogP contribution in [-0.2, 0) is 9.59 Å². The number of fused-ring (bicyclic) bond motifs is 1. The zero-order valence-electron chi connectivity index (χ0n) is 13.5. The quantitative estimate of drug-likeness (QED) is 0.824. The highest BCUT2D eigenvalue weighted by Crippen LogP contribution is 2.33. The molecule has 2 N–H and O–H groups in total. The summed E-state index contributed by atoms with van der Waals surface area (Å²) in [6.45, 7) is 0.0371. The molecule has 2 amide bonds. The fourth-order valence-electron chi connectivity index (χ4n) is 2.98. The van der Waals surface area contributed by atoms with Crippen molar-refractivity contribution >= 4 is 34.0 Å². The van der Waals surface area contributed by atoms with Crippen LogP contribution in [0.5, 0.6) is 5.75 Å². The highest BCUT2D eigenvalue weighted by molar-refractivity contribution is 7.14. The lowest BCUT2D eigenvalue weighted by Gasteiger charge is -2.18. The second-order valence-electron chi connectivity index (χ2n) is 6.10. The first-order chi connectivity index (χ1) is 12.2. The number of aromatic nitrogens is 1. The van der Waals surface area contributed by atoms with Crippen molar-refractivity contribution in [2.45, 2.75) is 19.3 Å². The number of ether oxygens (including phenoxy) is 1. The molecule has 1 aromatic carbocycles. The summed E-state index contributed by atoms with van der Waals surface area (Å²) in [4.78, 5) is 28.0. The standard InChI is InChI=1S/C18H17N3O3S/c22-16(7-11-3-1-2-4-11)21-18-20-14(10-25-18)12-5-6-15-13(8-12)19-17(23)9-24-15/h1,3,5-6,8,10-11H,2,4,7,9H2,(H,19,23)(H,20,21,22). The Balaban J connectivity index is 1.45. The van der Waals surface area contributed by atoms with Gasteiger partial charge in [-0.25, -0.2) is 4.98 Å². The number of allylic oxidation sites excluding steroid dienone is 2. The molecule has 0 radical (unpaired) electrons. The van der Waals surface area contributed by atoms with Gasteiger partial charge in [0.2, 0.25) is 5.91 Å². The normalized spacial score (nSPS) is 18.4. The van der Waals surface area contributed by atoms with Crippen LogP contribution in [0.25, 0.3) is 11.3 Å². The Kier molecular flexibility index (Phi) is 4.23. The maximum Gasteiger partial charge on any atom is 0.262 e. The van der Waals surface area contributed by atoms with Gasteiger partial charge in [0.1, 0.15) is 5.75 Å². The summed E-state index contributed by atoms with van der Waals surface area (Å²) < 4.78 is 5.36. The van der Waals surface area contributed by atoms with Crippen molar-refractivity contribution in [3.8, 4) is 17.0 Å². The van der Waals surface area contributed by atoms with Gasteiger partial charge in [0.15, 0.2) is 11.7 Å². The molecule has 1 unspecified atom stereocenters.